The lowest BCUT2D eigenvalue weighted by Crippen LogP contribution is -2.60. The van der Waals surface area contributed by atoms with E-state index in [2.05, 4.69) is 24.9 Å². The minimum absolute atomic E-state index is 0.0530. The molecule has 2 aromatic heterocycles. The summed E-state index contributed by atoms with van der Waals surface area (Å²) >= 11 is 1.07. The van der Waals surface area contributed by atoms with Gasteiger partial charge in [-0.15, -0.1) is 18.3 Å². The molecule has 12 nitrogen and oxygen atoms in total. The second kappa shape index (κ2) is 12.6. The highest BCUT2D eigenvalue weighted by Crippen LogP contribution is 2.29. The maximum absolute atomic E-state index is 13.7. The van der Waals surface area contributed by atoms with Crippen LogP contribution in [0.3, 0.4) is 0 Å². The molecule has 1 aliphatic rings. The van der Waals surface area contributed by atoms with Crippen molar-refractivity contribution in [3.8, 4) is 11.5 Å². The number of aromatic nitrogens is 3. The zero-order valence-corrected chi connectivity index (χ0v) is 24.7. The Labute approximate surface area is 255 Å². The molecule has 240 valence electrons. The Kier molecular flexibility index (Phi) is 8.95. The lowest BCUT2D eigenvalue weighted by molar-refractivity contribution is -0.274. The van der Waals surface area contributed by atoms with Crippen LogP contribution in [-0.4, -0.2) is 71.9 Å². The van der Waals surface area contributed by atoms with Crippen LogP contribution in [-0.2, 0) is 21.4 Å². The van der Waals surface area contributed by atoms with E-state index >= 15 is 0 Å². The van der Waals surface area contributed by atoms with Crippen molar-refractivity contribution >= 4 is 37.4 Å². The Morgan fingerprint density at radius 1 is 1.09 bits per heavy atom. The summed E-state index contributed by atoms with van der Waals surface area (Å²) in [7, 11) is -4.42. The standard InChI is InChI=1S/C26H23F5N6O6S2/c1-15-12-21(38)37-24(33-15)44-25(34-37)35-10-11-36(45(40,41)19-8-6-18(7-9-19)43-26(29,30)31)20(14-35)22(39)32-13-16-2-4-17(5-3-16)42-23(27)28/h2-9,12,20,23H,10-11,13-14H2,1H3,(H,32,39)/t20-/m1/s1. The molecular formula is C26H23F5N6O6S2. The number of alkyl halides is 5. The van der Waals surface area contributed by atoms with E-state index in [0.717, 1.165) is 44.4 Å². The van der Waals surface area contributed by atoms with Gasteiger partial charge in [-0.25, -0.2) is 13.4 Å². The maximum Gasteiger partial charge on any atom is 0.573 e. The van der Waals surface area contributed by atoms with Crippen molar-refractivity contribution < 1.29 is 44.6 Å². The molecule has 1 aliphatic heterocycles. The second-order valence-electron chi connectivity index (χ2n) is 9.65. The van der Waals surface area contributed by atoms with Crippen LogP contribution in [0.1, 0.15) is 11.3 Å². The Hall–Kier alpha value is -4.36. The number of hydrogen-bond donors (Lipinski definition) is 1. The van der Waals surface area contributed by atoms with Crippen LogP contribution < -0.4 is 25.2 Å². The van der Waals surface area contributed by atoms with E-state index in [1.165, 1.54) is 30.3 Å². The minimum Gasteiger partial charge on any atom is -0.435 e. The van der Waals surface area contributed by atoms with Crippen LogP contribution in [0.4, 0.5) is 27.1 Å². The number of amides is 1. The third-order valence-electron chi connectivity index (χ3n) is 6.55. The van der Waals surface area contributed by atoms with Crippen molar-refractivity contribution in [2.45, 2.75) is 37.4 Å². The van der Waals surface area contributed by atoms with Gasteiger partial charge in [-0.2, -0.15) is 17.6 Å². The Morgan fingerprint density at radius 3 is 2.40 bits per heavy atom. The molecule has 3 heterocycles. The number of piperazine rings is 1. The van der Waals surface area contributed by atoms with Gasteiger partial charge >= 0.3 is 13.0 Å². The summed E-state index contributed by atoms with van der Waals surface area (Å²) in [6, 6.07) is 8.97. The average molecular weight is 675 g/mol. The number of nitrogens with zero attached hydrogens (tertiary/aromatic N) is 5. The van der Waals surface area contributed by atoms with Crippen LogP contribution in [0.25, 0.3) is 4.96 Å². The van der Waals surface area contributed by atoms with E-state index in [0.29, 0.717) is 21.3 Å². The van der Waals surface area contributed by atoms with Crippen molar-refractivity contribution in [1.29, 1.82) is 0 Å². The number of sulfonamides is 1. The summed E-state index contributed by atoms with van der Waals surface area (Å²) < 4.78 is 100. The average Bonchev–Trinajstić information content (AvgIpc) is 3.40. The molecule has 0 spiro atoms. The van der Waals surface area contributed by atoms with Crippen LogP contribution in [0.5, 0.6) is 11.5 Å². The molecule has 19 heteroatoms. The lowest BCUT2D eigenvalue weighted by atomic mass is 10.2. The van der Waals surface area contributed by atoms with E-state index < -0.39 is 46.3 Å². The van der Waals surface area contributed by atoms with Gasteiger partial charge < -0.3 is 19.7 Å². The highest BCUT2D eigenvalue weighted by atomic mass is 32.2. The first-order valence-electron chi connectivity index (χ1n) is 13.0. The molecular weight excluding hydrogens is 651 g/mol. The van der Waals surface area contributed by atoms with Crippen LogP contribution >= 0.6 is 11.3 Å². The molecule has 0 unspecified atom stereocenters. The third kappa shape index (κ3) is 7.48. The predicted molar refractivity (Wildman–Crippen MR) is 150 cm³/mol. The smallest absolute Gasteiger partial charge is 0.435 e. The first-order valence-corrected chi connectivity index (χ1v) is 15.3. The molecule has 1 amide bonds. The summed E-state index contributed by atoms with van der Waals surface area (Å²) in [5.41, 5.74) is 0.557. The van der Waals surface area contributed by atoms with Gasteiger partial charge in [-0.3, -0.25) is 9.59 Å². The van der Waals surface area contributed by atoms with Gasteiger partial charge in [0.25, 0.3) is 5.56 Å². The monoisotopic (exact) mass is 674 g/mol. The fourth-order valence-corrected chi connectivity index (χ4v) is 7.08. The molecule has 5 rings (SSSR count). The first kappa shape index (κ1) is 32.0. The van der Waals surface area contributed by atoms with Crippen LogP contribution in [0.2, 0.25) is 0 Å². The van der Waals surface area contributed by atoms with Crippen LogP contribution in [0.15, 0.2) is 64.3 Å². The molecule has 0 saturated carbocycles. The van der Waals surface area contributed by atoms with Gasteiger partial charge in [0.15, 0.2) is 0 Å². The quantitative estimate of drug-likeness (QED) is 0.266. The molecule has 0 radical (unpaired) electrons. The lowest BCUT2D eigenvalue weighted by Gasteiger charge is -2.39. The third-order valence-corrected chi connectivity index (χ3v) is 9.44. The highest BCUT2D eigenvalue weighted by molar-refractivity contribution is 7.89. The van der Waals surface area contributed by atoms with E-state index in [1.54, 1.807) is 11.8 Å². The number of benzene rings is 2. The zero-order chi connectivity index (χ0) is 32.5. The number of halogens is 5. The fourth-order valence-electron chi connectivity index (χ4n) is 4.52. The number of aryl methyl sites for hydroxylation is 1. The fraction of sp³-hybridized carbons (Fsp3) is 0.308. The Balaban J connectivity index is 1.41. The number of anilines is 1. The molecule has 4 aromatic rings. The van der Waals surface area contributed by atoms with Gasteiger partial charge in [-0.1, -0.05) is 23.5 Å². The normalized spacial score (nSPS) is 16.2. The molecule has 1 saturated heterocycles. The van der Waals surface area contributed by atoms with Gasteiger partial charge in [0.1, 0.15) is 17.5 Å². The molecule has 2 aromatic carbocycles. The van der Waals surface area contributed by atoms with Crippen LogP contribution in [0, 0.1) is 6.92 Å². The van der Waals surface area contributed by atoms with Gasteiger partial charge in [-0.05, 0) is 48.9 Å². The number of nitrogens with one attached hydrogen (secondary N) is 1. The molecule has 45 heavy (non-hydrogen) atoms. The Morgan fingerprint density at radius 2 is 1.76 bits per heavy atom. The van der Waals surface area contributed by atoms with Gasteiger partial charge in [0.05, 0.1) is 4.90 Å². The summed E-state index contributed by atoms with van der Waals surface area (Å²) in [5, 5.41) is 7.24. The van der Waals surface area contributed by atoms with Gasteiger partial charge in [0, 0.05) is 37.9 Å². The molecule has 0 aliphatic carbocycles. The molecule has 0 bridgehead atoms. The topological polar surface area (TPSA) is 135 Å². The number of rotatable bonds is 9. The largest absolute Gasteiger partial charge is 0.573 e. The van der Waals surface area contributed by atoms with Gasteiger partial charge in [0.2, 0.25) is 26.0 Å². The van der Waals surface area contributed by atoms with E-state index in [4.69, 9.17) is 0 Å². The van der Waals surface area contributed by atoms with Crippen molar-refractivity contribution in [1.82, 2.24) is 24.2 Å². The second-order valence-corrected chi connectivity index (χ2v) is 12.5. The summed E-state index contributed by atoms with van der Waals surface area (Å²) in [4.78, 5) is 31.8. The highest BCUT2D eigenvalue weighted by Gasteiger charge is 2.41. The number of carbonyl (C=O) groups is 1. The maximum atomic E-state index is 13.7. The number of carbonyl (C=O) groups excluding carboxylic acids is 1. The Bertz CT molecular complexity index is 1850. The number of fused-ring (bicyclic) bond motifs is 1. The van der Waals surface area contributed by atoms with Crippen molar-refractivity contribution in [2.24, 2.45) is 0 Å². The number of hydrogen-bond acceptors (Lipinski definition) is 10. The summed E-state index contributed by atoms with van der Waals surface area (Å²) in [5.74, 6) is -1.44. The minimum atomic E-state index is -4.98. The van der Waals surface area contributed by atoms with Crippen molar-refractivity contribution in [2.75, 3.05) is 24.5 Å². The summed E-state index contributed by atoms with van der Waals surface area (Å²) in [6.07, 6.45) is -4.98. The van der Waals surface area contributed by atoms with E-state index in [-0.39, 0.29) is 36.8 Å². The number of ether oxygens (including phenoxy) is 2. The zero-order valence-electron chi connectivity index (χ0n) is 23.1. The molecule has 1 N–H and O–H groups in total. The van der Waals surface area contributed by atoms with Crippen molar-refractivity contribution in [3.63, 3.8) is 0 Å². The predicted octanol–water partition coefficient (Wildman–Crippen LogP) is 3.16. The van der Waals surface area contributed by atoms with E-state index in [1.807, 2.05) is 0 Å². The molecule has 1 fully saturated rings. The SMILES string of the molecule is Cc1cc(=O)n2nc(N3CCN(S(=O)(=O)c4ccc(OC(F)(F)F)cc4)[C@@H](C(=O)NCc4ccc(OC(F)F)cc4)C3)sc2n1. The van der Waals surface area contributed by atoms with E-state index in [9.17, 15) is 40.0 Å². The summed E-state index contributed by atoms with van der Waals surface area (Å²) in [6.45, 7) is -1.84. The first-order chi connectivity index (χ1) is 21.2. The van der Waals surface area contributed by atoms with Crippen molar-refractivity contribution in [3.05, 3.63) is 76.2 Å². The molecule has 1 atom stereocenters.